The molecular weight excluding hydrogens is 314 g/mol. The Kier molecular flexibility index (Phi) is 4.90. The molecule has 1 aromatic heterocycles. The first-order chi connectivity index (χ1) is 11.9. The lowest BCUT2D eigenvalue weighted by atomic mass is 10.1. The van der Waals surface area contributed by atoms with Crippen LogP contribution in [0.2, 0.25) is 0 Å². The first-order valence-corrected chi connectivity index (χ1v) is 8.51. The van der Waals surface area contributed by atoms with Gasteiger partial charge < -0.3 is 5.32 Å². The molecule has 0 fully saturated rings. The lowest BCUT2D eigenvalue weighted by Crippen LogP contribution is -2.44. The molecule has 0 saturated carbocycles. The highest BCUT2D eigenvalue weighted by Crippen LogP contribution is 2.18. The fraction of sp³-hybridized carbons (Fsp3) is 0.368. The van der Waals surface area contributed by atoms with Gasteiger partial charge in [-0.1, -0.05) is 36.4 Å². The van der Waals surface area contributed by atoms with Crippen molar-refractivity contribution in [2.45, 2.75) is 39.0 Å². The average molecular weight is 339 g/mol. The van der Waals surface area contributed by atoms with Gasteiger partial charge in [0, 0.05) is 25.7 Å². The predicted molar refractivity (Wildman–Crippen MR) is 99.2 cm³/mol. The summed E-state index contributed by atoms with van der Waals surface area (Å²) in [5, 5.41) is 10.1. The number of anilines is 1. The van der Waals surface area contributed by atoms with Crippen molar-refractivity contribution in [2.75, 3.05) is 11.9 Å². The Bertz CT molecular complexity index is 750. The smallest absolute Gasteiger partial charge is 0.321 e. The molecule has 25 heavy (non-hydrogen) atoms. The molecule has 1 aromatic carbocycles. The van der Waals surface area contributed by atoms with Gasteiger partial charge in [0.25, 0.3) is 0 Å². The van der Waals surface area contributed by atoms with Crippen LogP contribution in [0, 0.1) is 0 Å². The van der Waals surface area contributed by atoms with E-state index in [0.717, 1.165) is 31.9 Å². The van der Waals surface area contributed by atoms with Crippen molar-refractivity contribution in [3.05, 3.63) is 60.3 Å². The van der Waals surface area contributed by atoms with Crippen LogP contribution in [0.4, 0.5) is 10.6 Å². The number of nitrogens with zero attached hydrogens (tertiary/aromatic N) is 3. The van der Waals surface area contributed by atoms with Crippen molar-refractivity contribution in [2.24, 2.45) is 0 Å². The molecule has 1 aliphatic rings. The summed E-state index contributed by atoms with van der Waals surface area (Å²) < 4.78 is 1.97. The van der Waals surface area contributed by atoms with Gasteiger partial charge in [-0.3, -0.25) is 14.9 Å². The molecule has 6 nitrogen and oxygen atoms in total. The molecule has 3 rings (SSSR count). The molecule has 0 unspecified atom stereocenters. The van der Waals surface area contributed by atoms with E-state index in [9.17, 15) is 4.79 Å². The van der Waals surface area contributed by atoms with Crippen LogP contribution in [0.1, 0.15) is 25.1 Å². The van der Waals surface area contributed by atoms with Gasteiger partial charge in [0.2, 0.25) is 0 Å². The Hall–Kier alpha value is -2.60. The van der Waals surface area contributed by atoms with Crippen molar-refractivity contribution in [3.8, 4) is 0 Å². The number of rotatable bonds is 5. The summed E-state index contributed by atoms with van der Waals surface area (Å²) in [7, 11) is 0. The quantitative estimate of drug-likeness (QED) is 0.823. The zero-order valence-corrected chi connectivity index (χ0v) is 14.8. The van der Waals surface area contributed by atoms with E-state index in [1.54, 1.807) is 6.08 Å². The summed E-state index contributed by atoms with van der Waals surface area (Å²) in [5.74, 6) is 0.578. The van der Waals surface area contributed by atoms with Crippen LogP contribution in [0.15, 0.2) is 49.1 Å². The minimum atomic E-state index is -0.462. The lowest BCUT2D eigenvalue weighted by molar-refractivity contribution is 0.205. The number of nitrogens with one attached hydrogen (secondary N) is 2. The Morgan fingerprint density at radius 3 is 2.80 bits per heavy atom. The summed E-state index contributed by atoms with van der Waals surface area (Å²) in [6.07, 6.45) is 1.70. The molecule has 6 heteroatoms. The minimum Gasteiger partial charge on any atom is -0.330 e. The number of benzene rings is 1. The fourth-order valence-corrected chi connectivity index (χ4v) is 2.85. The Morgan fingerprint density at radius 2 is 2.08 bits per heavy atom. The summed E-state index contributed by atoms with van der Waals surface area (Å²) in [5.41, 5.74) is 1.95. The van der Waals surface area contributed by atoms with E-state index in [0.29, 0.717) is 5.82 Å². The van der Waals surface area contributed by atoms with Crippen molar-refractivity contribution in [1.29, 1.82) is 0 Å². The average Bonchev–Trinajstić information content (AvgIpc) is 2.96. The van der Waals surface area contributed by atoms with Crippen LogP contribution in [0.25, 0.3) is 0 Å². The van der Waals surface area contributed by atoms with E-state index in [-0.39, 0.29) is 6.03 Å². The van der Waals surface area contributed by atoms with Gasteiger partial charge in [-0.15, -0.1) is 6.58 Å². The highest BCUT2D eigenvalue weighted by Gasteiger charge is 2.20. The van der Waals surface area contributed by atoms with Gasteiger partial charge in [-0.2, -0.15) is 5.10 Å². The largest absolute Gasteiger partial charge is 0.330 e. The molecule has 0 atom stereocenters. The molecule has 132 valence electrons. The van der Waals surface area contributed by atoms with Crippen molar-refractivity contribution in [1.82, 2.24) is 20.0 Å². The predicted octanol–water partition coefficient (Wildman–Crippen LogP) is 2.99. The number of amides is 2. The highest BCUT2D eigenvalue weighted by molar-refractivity contribution is 5.88. The number of carbonyl (C=O) groups is 1. The Balaban J connectivity index is 1.61. The second-order valence-corrected chi connectivity index (χ2v) is 6.95. The van der Waals surface area contributed by atoms with Crippen LogP contribution in [-0.2, 0) is 19.6 Å². The molecule has 0 aliphatic carbocycles. The summed E-state index contributed by atoms with van der Waals surface area (Å²) in [6.45, 7) is 11.0. The monoisotopic (exact) mass is 339 g/mol. The number of hydrogen-bond acceptors (Lipinski definition) is 3. The first kappa shape index (κ1) is 17.2. The van der Waals surface area contributed by atoms with E-state index in [1.807, 2.05) is 30.7 Å². The maximum Gasteiger partial charge on any atom is 0.321 e. The van der Waals surface area contributed by atoms with Gasteiger partial charge in [0.15, 0.2) is 5.82 Å². The second-order valence-electron chi connectivity index (χ2n) is 6.95. The van der Waals surface area contributed by atoms with Crippen molar-refractivity contribution < 1.29 is 4.79 Å². The fourth-order valence-electron chi connectivity index (χ4n) is 2.85. The molecule has 0 bridgehead atoms. The van der Waals surface area contributed by atoms with Gasteiger partial charge in [0.1, 0.15) is 0 Å². The van der Waals surface area contributed by atoms with Gasteiger partial charge in [-0.25, -0.2) is 4.79 Å². The van der Waals surface area contributed by atoms with E-state index in [4.69, 9.17) is 0 Å². The molecule has 1 aliphatic heterocycles. The van der Waals surface area contributed by atoms with Crippen LogP contribution >= 0.6 is 0 Å². The maximum absolute atomic E-state index is 12.1. The topological polar surface area (TPSA) is 62.2 Å². The number of hydrogen-bond donors (Lipinski definition) is 2. The highest BCUT2D eigenvalue weighted by atomic mass is 16.2. The van der Waals surface area contributed by atoms with Crippen molar-refractivity contribution in [3.63, 3.8) is 0 Å². The van der Waals surface area contributed by atoms with Gasteiger partial charge in [-0.05, 0) is 19.4 Å². The third kappa shape index (κ3) is 4.48. The lowest BCUT2D eigenvalue weighted by Gasteiger charge is -2.27. The summed E-state index contributed by atoms with van der Waals surface area (Å²) in [4.78, 5) is 14.5. The first-order valence-electron chi connectivity index (χ1n) is 8.51. The molecule has 0 saturated heterocycles. The SMILES string of the molecule is C=CC(C)(C)NC(=O)Nc1cc2n(n1)CCN(Cc1ccccc1)C2. The Labute approximate surface area is 148 Å². The molecule has 0 spiro atoms. The molecule has 0 radical (unpaired) electrons. The zero-order valence-electron chi connectivity index (χ0n) is 14.8. The summed E-state index contributed by atoms with van der Waals surface area (Å²) in [6, 6.07) is 12.1. The second kappa shape index (κ2) is 7.11. The van der Waals surface area contributed by atoms with Gasteiger partial charge in [0.05, 0.1) is 17.8 Å². The summed E-state index contributed by atoms with van der Waals surface area (Å²) >= 11 is 0. The minimum absolute atomic E-state index is 0.276. The van der Waals surface area contributed by atoms with E-state index in [2.05, 4.69) is 51.5 Å². The Morgan fingerprint density at radius 1 is 1.32 bits per heavy atom. The van der Waals surface area contributed by atoms with E-state index < -0.39 is 5.54 Å². The maximum atomic E-state index is 12.1. The van der Waals surface area contributed by atoms with Crippen LogP contribution in [0.3, 0.4) is 0 Å². The number of urea groups is 1. The third-order valence-electron chi connectivity index (χ3n) is 4.31. The molecule has 2 amide bonds. The molecule has 2 heterocycles. The number of fused-ring (bicyclic) bond motifs is 1. The molecule has 2 aromatic rings. The normalized spacial score (nSPS) is 14.6. The zero-order chi connectivity index (χ0) is 17.9. The van der Waals surface area contributed by atoms with Crippen molar-refractivity contribution >= 4 is 11.8 Å². The molecular formula is C19H25N5O. The van der Waals surface area contributed by atoms with Gasteiger partial charge >= 0.3 is 6.03 Å². The van der Waals surface area contributed by atoms with Crippen LogP contribution in [-0.4, -0.2) is 32.8 Å². The number of carbonyl (C=O) groups excluding carboxylic acids is 1. The number of aromatic nitrogens is 2. The van der Waals surface area contributed by atoms with E-state index in [1.165, 1.54) is 5.56 Å². The van der Waals surface area contributed by atoms with Crippen LogP contribution < -0.4 is 10.6 Å². The molecule has 2 N–H and O–H groups in total. The van der Waals surface area contributed by atoms with E-state index >= 15 is 0 Å². The third-order valence-corrected chi connectivity index (χ3v) is 4.31. The standard InChI is InChI=1S/C19H25N5O/c1-4-19(2,3)21-18(25)20-17-12-16-14-23(10-11-24(16)22-17)13-15-8-6-5-7-9-15/h4-9,12H,1,10-11,13-14H2,2-3H3,(H2,20,21,22,25). The van der Waals surface area contributed by atoms with Crippen LogP contribution in [0.5, 0.6) is 0 Å².